The van der Waals surface area contributed by atoms with Crippen molar-refractivity contribution in [3.05, 3.63) is 24.0 Å². The molecule has 1 rings (SSSR count). The maximum atomic E-state index is 13.5. The lowest BCUT2D eigenvalue weighted by Crippen LogP contribution is -2.27. The second-order valence-corrected chi connectivity index (χ2v) is 5.33. The minimum Gasteiger partial charge on any atom is -0.444 e. The molecule has 0 spiro atoms. The minimum absolute atomic E-state index is 0.0322. The maximum Gasteiger partial charge on any atom is 0.412 e. The molecule has 1 aromatic rings. The number of amides is 1. The molecular formula is C14H21FN2O3. The standard InChI is InChI=1S/C14H21FN2O3/c1-14(2,3)20-13(19)17-10-5-6-11(15)12(9-10)16-7-4-8-18/h5-6,9,16,18H,4,7-8H2,1-3H3,(H,17,19). The summed E-state index contributed by atoms with van der Waals surface area (Å²) >= 11 is 0. The van der Waals surface area contributed by atoms with Crippen LogP contribution in [0, 0.1) is 5.82 Å². The van der Waals surface area contributed by atoms with E-state index in [1.807, 2.05) is 0 Å². The van der Waals surface area contributed by atoms with E-state index in [0.29, 0.717) is 18.7 Å². The molecule has 0 aromatic heterocycles. The lowest BCUT2D eigenvalue weighted by molar-refractivity contribution is 0.0636. The van der Waals surface area contributed by atoms with Crippen LogP contribution in [0.5, 0.6) is 0 Å². The van der Waals surface area contributed by atoms with Gasteiger partial charge in [0, 0.05) is 18.8 Å². The van der Waals surface area contributed by atoms with Crippen molar-refractivity contribution >= 4 is 17.5 Å². The van der Waals surface area contributed by atoms with Gasteiger partial charge in [-0.3, -0.25) is 5.32 Å². The molecule has 0 unspecified atom stereocenters. The van der Waals surface area contributed by atoms with E-state index >= 15 is 0 Å². The van der Waals surface area contributed by atoms with Gasteiger partial charge in [-0.1, -0.05) is 0 Å². The van der Waals surface area contributed by atoms with Gasteiger partial charge in [-0.15, -0.1) is 0 Å². The van der Waals surface area contributed by atoms with Crippen LogP contribution >= 0.6 is 0 Å². The van der Waals surface area contributed by atoms with Crippen molar-refractivity contribution in [1.82, 2.24) is 0 Å². The van der Waals surface area contributed by atoms with Gasteiger partial charge in [-0.05, 0) is 45.4 Å². The predicted molar refractivity (Wildman–Crippen MR) is 76.4 cm³/mol. The highest BCUT2D eigenvalue weighted by Crippen LogP contribution is 2.20. The fourth-order valence-corrected chi connectivity index (χ4v) is 1.46. The third kappa shape index (κ3) is 5.88. The number of rotatable bonds is 5. The Kier molecular flexibility index (Phi) is 5.76. The van der Waals surface area contributed by atoms with Crippen molar-refractivity contribution in [1.29, 1.82) is 0 Å². The molecule has 0 atom stereocenters. The summed E-state index contributed by atoms with van der Waals surface area (Å²) < 4.78 is 18.6. The van der Waals surface area contributed by atoms with Crippen LogP contribution in [0.1, 0.15) is 27.2 Å². The quantitative estimate of drug-likeness (QED) is 0.727. The smallest absolute Gasteiger partial charge is 0.412 e. The van der Waals surface area contributed by atoms with Gasteiger partial charge in [0.1, 0.15) is 11.4 Å². The number of aliphatic hydroxyl groups excluding tert-OH is 1. The monoisotopic (exact) mass is 284 g/mol. The van der Waals surface area contributed by atoms with Gasteiger partial charge in [0.15, 0.2) is 0 Å². The number of anilines is 2. The van der Waals surface area contributed by atoms with Gasteiger partial charge in [0.2, 0.25) is 0 Å². The van der Waals surface area contributed by atoms with Gasteiger partial charge in [0.05, 0.1) is 5.69 Å². The first-order valence-corrected chi connectivity index (χ1v) is 6.46. The molecule has 3 N–H and O–H groups in total. The number of carbonyl (C=O) groups excluding carboxylic acids is 1. The van der Waals surface area contributed by atoms with E-state index in [-0.39, 0.29) is 12.3 Å². The SMILES string of the molecule is CC(C)(C)OC(=O)Nc1ccc(F)c(NCCCO)c1. The minimum atomic E-state index is -0.592. The normalized spacial score (nSPS) is 11.1. The number of nitrogens with one attached hydrogen (secondary N) is 2. The lowest BCUT2D eigenvalue weighted by Gasteiger charge is -2.20. The van der Waals surface area contributed by atoms with Crippen molar-refractivity contribution in [2.24, 2.45) is 0 Å². The predicted octanol–water partition coefficient (Wildman–Crippen LogP) is 2.97. The number of hydrogen-bond donors (Lipinski definition) is 3. The maximum absolute atomic E-state index is 13.5. The molecule has 5 nitrogen and oxygen atoms in total. The number of carbonyl (C=O) groups is 1. The molecule has 1 amide bonds. The first-order chi connectivity index (χ1) is 9.31. The second kappa shape index (κ2) is 7.09. The summed E-state index contributed by atoms with van der Waals surface area (Å²) in [6, 6.07) is 4.20. The van der Waals surface area contributed by atoms with Crippen molar-refractivity contribution in [3.63, 3.8) is 0 Å². The molecule has 0 radical (unpaired) electrons. The third-order valence-electron chi connectivity index (χ3n) is 2.26. The number of hydrogen-bond acceptors (Lipinski definition) is 4. The summed E-state index contributed by atoms with van der Waals surface area (Å²) in [5.74, 6) is -0.419. The summed E-state index contributed by atoms with van der Waals surface area (Å²) in [6.45, 7) is 5.77. The van der Waals surface area contributed by atoms with Crippen LogP contribution in [0.25, 0.3) is 0 Å². The molecule has 0 aliphatic carbocycles. The Morgan fingerprint density at radius 3 is 2.70 bits per heavy atom. The largest absolute Gasteiger partial charge is 0.444 e. The van der Waals surface area contributed by atoms with Gasteiger partial charge in [0.25, 0.3) is 0 Å². The fourth-order valence-electron chi connectivity index (χ4n) is 1.46. The van der Waals surface area contributed by atoms with Gasteiger partial charge in [-0.25, -0.2) is 9.18 Å². The molecule has 20 heavy (non-hydrogen) atoms. The molecule has 112 valence electrons. The zero-order valence-corrected chi connectivity index (χ0v) is 12.0. The van der Waals surface area contributed by atoms with E-state index in [1.165, 1.54) is 18.2 Å². The Bertz CT molecular complexity index is 458. The Morgan fingerprint density at radius 1 is 1.40 bits per heavy atom. The van der Waals surface area contributed by atoms with E-state index < -0.39 is 17.5 Å². The molecule has 0 aliphatic rings. The number of benzene rings is 1. The highest BCUT2D eigenvalue weighted by atomic mass is 19.1. The first kappa shape index (κ1) is 16.2. The van der Waals surface area contributed by atoms with Crippen molar-refractivity contribution < 1.29 is 19.0 Å². The van der Waals surface area contributed by atoms with Crippen molar-refractivity contribution in [2.75, 3.05) is 23.8 Å². The molecule has 6 heteroatoms. The van der Waals surface area contributed by atoms with E-state index in [2.05, 4.69) is 10.6 Å². The Labute approximate surface area is 118 Å². The topological polar surface area (TPSA) is 70.6 Å². The van der Waals surface area contributed by atoms with Crippen LogP contribution < -0.4 is 10.6 Å². The zero-order valence-electron chi connectivity index (χ0n) is 12.0. The average Bonchev–Trinajstić information content (AvgIpc) is 2.31. The van der Waals surface area contributed by atoms with Gasteiger partial charge >= 0.3 is 6.09 Å². The molecular weight excluding hydrogens is 263 g/mol. The third-order valence-corrected chi connectivity index (χ3v) is 2.26. The van der Waals surface area contributed by atoms with Crippen LogP contribution in [-0.2, 0) is 4.74 Å². The van der Waals surface area contributed by atoms with Crippen molar-refractivity contribution in [2.45, 2.75) is 32.8 Å². The van der Waals surface area contributed by atoms with Crippen molar-refractivity contribution in [3.8, 4) is 0 Å². The zero-order chi connectivity index (χ0) is 15.2. The number of aliphatic hydroxyl groups is 1. The van der Waals surface area contributed by atoms with Crippen LogP contribution in [0.3, 0.4) is 0 Å². The Morgan fingerprint density at radius 2 is 2.10 bits per heavy atom. The van der Waals surface area contributed by atoms with Crippen LogP contribution in [0.4, 0.5) is 20.6 Å². The summed E-state index contributed by atoms with van der Waals surface area (Å²) in [6.07, 6.45) is -0.0752. The summed E-state index contributed by atoms with van der Waals surface area (Å²) in [5.41, 5.74) is 0.117. The number of halogens is 1. The first-order valence-electron chi connectivity index (χ1n) is 6.46. The van der Waals surface area contributed by atoms with Crippen LogP contribution in [0.2, 0.25) is 0 Å². The summed E-state index contributed by atoms with van der Waals surface area (Å²) in [7, 11) is 0. The molecule has 0 aliphatic heterocycles. The molecule has 1 aromatic carbocycles. The molecule has 0 saturated carbocycles. The highest BCUT2D eigenvalue weighted by molar-refractivity contribution is 5.85. The van der Waals surface area contributed by atoms with E-state index in [0.717, 1.165) is 0 Å². The van der Waals surface area contributed by atoms with Crippen LogP contribution in [0.15, 0.2) is 18.2 Å². The van der Waals surface area contributed by atoms with Gasteiger partial charge in [-0.2, -0.15) is 0 Å². The summed E-state index contributed by atoms with van der Waals surface area (Å²) in [4.78, 5) is 11.6. The molecule has 0 heterocycles. The van der Waals surface area contributed by atoms with E-state index in [9.17, 15) is 9.18 Å². The Hall–Kier alpha value is -1.82. The average molecular weight is 284 g/mol. The Balaban J connectivity index is 2.67. The molecule has 0 saturated heterocycles. The molecule has 0 bridgehead atoms. The molecule has 0 fully saturated rings. The lowest BCUT2D eigenvalue weighted by atomic mass is 10.2. The highest BCUT2D eigenvalue weighted by Gasteiger charge is 2.16. The fraction of sp³-hybridized carbons (Fsp3) is 0.500. The van der Waals surface area contributed by atoms with Gasteiger partial charge < -0.3 is 15.2 Å². The van der Waals surface area contributed by atoms with E-state index in [1.54, 1.807) is 20.8 Å². The summed E-state index contributed by atoms with van der Waals surface area (Å²) in [5, 5.41) is 14.1. The van der Waals surface area contributed by atoms with Crippen LogP contribution in [-0.4, -0.2) is 30.0 Å². The van der Waals surface area contributed by atoms with E-state index in [4.69, 9.17) is 9.84 Å². The second-order valence-electron chi connectivity index (χ2n) is 5.33. The number of ether oxygens (including phenoxy) is 1.